The standard InChI is InChI=1S/C14H16ClN3O2S/c1-3-10-12(15)14(21-18-10)17-13(20)7(2)8-4-5-11(19)9(16)6-8/h4-7,19H,3,16H2,1-2H3,(H,17,20). The second kappa shape index (κ2) is 6.32. The van der Waals surface area contributed by atoms with Crippen molar-refractivity contribution >= 4 is 39.7 Å². The molecule has 1 atom stereocenters. The van der Waals surface area contributed by atoms with Gasteiger partial charge in [-0.3, -0.25) is 4.79 Å². The molecule has 0 aliphatic carbocycles. The van der Waals surface area contributed by atoms with Crippen LogP contribution in [0.3, 0.4) is 0 Å². The van der Waals surface area contributed by atoms with E-state index in [1.165, 1.54) is 17.6 Å². The Bertz CT molecular complexity index is 672. The molecule has 0 saturated heterocycles. The Kier molecular flexibility index (Phi) is 4.69. The zero-order valence-electron chi connectivity index (χ0n) is 11.7. The fraction of sp³-hybridized carbons (Fsp3) is 0.286. The van der Waals surface area contributed by atoms with Crippen molar-refractivity contribution in [2.24, 2.45) is 0 Å². The molecular formula is C14H16ClN3O2S. The first-order valence-corrected chi connectivity index (χ1v) is 7.62. The van der Waals surface area contributed by atoms with Gasteiger partial charge in [-0.2, -0.15) is 4.37 Å². The number of carbonyl (C=O) groups is 1. The molecule has 0 saturated carbocycles. The molecule has 7 heteroatoms. The van der Waals surface area contributed by atoms with Gasteiger partial charge < -0.3 is 16.2 Å². The summed E-state index contributed by atoms with van der Waals surface area (Å²) in [6.45, 7) is 3.71. The Labute approximate surface area is 131 Å². The molecule has 1 amide bonds. The van der Waals surface area contributed by atoms with E-state index in [9.17, 15) is 9.90 Å². The summed E-state index contributed by atoms with van der Waals surface area (Å²) < 4.78 is 4.19. The molecule has 1 heterocycles. The minimum atomic E-state index is -0.420. The van der Waals surface area contributed by atoms with Crippen LogP contribution in [0, 0.1) is 0 Å². The number of phenols is 1. The van der Waals surface area contributed by atoms with Crippen LogP contribution in [-0.2, 0) is 11.2 Å². The van der Waals surface area contributed by atoms with E-state index < -0.39 is 5.92 Å². The van der Waals surface area contributed by atoms with Crippen molar-refractivity contribution in [2.75, 3.05) is 11.1 Å². The molecule has 2 aromatic rings. The number of hydrogen-bond donors (Lipinski definition) is 3. The van der Waals surface area contributed by atoms with Gasteiger partial charge >= 0.3 is 0 Å². The third-order valence-corrected chi connectivity index (χ3v) is 4.54. The van der Waals surface area contributed by atoms with Gasteiger partial charge in [0.15, 0.2) is 0 Å². The molecular weight excluding hydrogens is 310 g/mol. The van der Waals surface area contributed by atoms with E-state index in [4.69, 9.17) is 17.3 Å². The highest BCUT2D eigenvalue weighted by atomic mass is 35.5. The van der Waals surface area contributed by atoms with Gasteiger partial charge in [0, 0.05) is 0 Å². The fourth-order valence-electron chi connectivity index (χ4n) is 1.82. The van der Waals surface area contributed by atoms with Crippen molar-refractivity contribution < 1.29 is 9.90 Å². The number of hydrogen-bond acceptors (Lipinski definition) is 5. The molecule has 21 heavy (non-hydrogen) atoms. The van der Waals surface area contributed by atoms with Crippen LogP contribution in [0.5, 0.6) is 5.75 Å². The first-order valence-electron chi connectivity index (χ1n) is 6.47. The van der Waals surface area contributed by atoms with E-state index in [0.29, 0.717) is 10.0 Å². The minimum Gasteiger partial charge on any atom is -0.506 e. The molecule has 0 aliphatic rings. The second-order valence-corrected chi connectivity index (χ2v) is 5.81. The number of benzene rings is 1. The number of phenolic OH excluding ortho intramolecular Hbond substituents is 1. The molecule has 1 aromatic heterocycles. The third kappa shape index (κ3) is 3.28. The summed E-state index contributed by atoms with van der Waals surface area (Å²) in [5.41, 5.74) is 7.39. The number of halogens is 1. The maximum atomic E-state index is 12.3. The van der Waals surface area contributed by atoms with Gasteiger partial charge in [-0.15, -0.1) is 0 Å². The summed E-state index contributed by atoms with van der Waals surface area (Å²) in [7, 11) is 0. The highest BCUT2D eigenvalue weighted by Gasteiger charge is 2.19. The lowest BCUT2D eigenvalue weighted by atomic mass is 9.99. The number of aromatic nitrogens is 1. The maximum Gasteiger partial charge on any atom is 0.232 e. The van der Waals surface area contributed by atoms with E-state index in [-0.39, 0.29) is 17.3 Å². The van der Waals surface area contributed by atoms with E-state index in [2.05, 4.69) is 9.69 Å². The maximum absolute atomic E-state index is 12.3. The molecule has 1 aromatic carbocycles. The number of nitrogen functional groups attached to an aromatic ring is 1. The zero-order chi connectivity index (χ0) is 15.6. The van der Waals surface area contributed by atoms with Crippen molar-refractivity contribution in [2.45, 2.75) is 26.2 Å². The Morgan fingerprint density at radius 3 is 2.86 bits per heavy atom. The van der Waals surface area contributed by atoms with Crippen LogP contribution in [-0.4, -0.2) is 15.4 Å². The summed E-state index contributed by atoms with van der Waals surface area (Å²) >= 11 is 7.31. The highest BCUT2D eigenvalue weighted by molar-refractivity contribution is 7.11. The molecule has 0 bridgehead atoms. The number of nitrogens with zero attached hydrogens (tertiary/aromatic N) is 1. The molecule has 0 fully saturated rings. The summed E-state index contributed by atoms with van der Waals surface area (Å²) in [6, 6.07) is 4.73. The average Bonchev–Trinajstić information content (AvgIpc) is 2.81. The normalized spacial score (nSPS) is 12.1. The van der Waals surface area contributed by atoms with Gasteiger partial charge in [-0.1, -0.05) is 24.6 Å². The number of nitrogens with one attached hydrogen (secondary N) is 1. The van der Waals surface area contributed by atoms with Crippen molar-refractivity contribution in [1.82, 2.24) is 4.37 Å². The fourth-order valence-corrected chi connectivity index (χ4v) is 2.97. The van der Waals surface area contributed by atoms with Crippen LogP contribution in [0.2, 0.25) is 5.02 Å². The number of amides is 1. The smallest absolute Gasteiger partial charge is 0.232 e. The van der Waals surface area contributed by atoms with Crippen LogP contribution in [0.4, 0.5) is 10.7 Å². The lowest BCUT2D eigenvalue weighted by molar-refractivity contribution is -0.117. The van der Waals surface area contributed by atoms with Gasteiger partial charge in [-0.25, -0.2) is 0 Å². The Morgan fingerprint density at radius 2 is 2.29 bits per heavy atom. The van der Waals surface area contributed by atoms with Crippen LogP contribution in [0.15, 0.2) is 18.2 Å². The predicted molar refractivity (Wildman–Crippen MR) is 86.1 cm³/mol. The van der Waals surface area contributed by atoms with E-state index in [1.807, 2.05) is 6.92 Å². The Hall–Kier alpha value is -1.79. The second-order valence-electron chi connectivity index (χ2n) is 4.66. The monoisotopic (exact) mass is 325 g/mol. The van der Waals surface area contributed by atoms with Crippen LogP contribution >= 0.6 is 23.1 Å². The van der Waals surface area contributed by atoms with Gasteiger partial charge in [0.2, 0.25) is 5.91 Å². The highest BCUT2D eigenvalue weighted by Crippen LogP contribution is 2.32. The summed E-state index contributed by atoms with van der Waals surface area (Å²) in [6.07, 6.45) is 0.718. The Morgan fingerprint density at radius 1 is 1.57 bits per heavy atom. The van der Waals surface area contributed by atoms with Crippen LogP contribution < -0.4 is 11.1 Å². The molecule has 1 unspecified atom stereocenters. The molecule has 5 nitrogen and oxygen atoms in total. The van der Waals surface area contributed by atoms with Crippen LogP contribution in [0.25, 0.3) is 0 Å². The van der Waals surface area contributed by atoms with E-state index in [1.54, 1.807) is 19.1 Å². The summed E-state index contributed by atoms with van der Waals surface area (Å²) in [5, 5.41) is 13.2. The Balaban J connectivity index is 2.15. The van der Waals surface area contributed by atoms with Gasteiger partial charge in [0.1, 0.15) is 10.8 Å². The van der Waals surface area contributed by atoms with Crippen molar-refractivity contribution in [1.29, 1.82) is 0 Å². The lowest BCUT2D eigenvalue weighted by Crippen LogP contribution is -2.18. The number of aromatic hydroxyl groups is 1. The lowest BCUT2D eigenvalue weighted by Gasteiger charge is -2.12. The molecule has 2 rings (SSSR count). The van der Waals surface area contributed by atoms with Gasteiger partial charge in [0.05, 0.1) is 22.3 Å². The topological polar surface area (TPSA) is 88.2 Å². The quantitative estimate of drug-likeness (QED) is 0.594. The minimum absolute atomic E-state index is 0.00412. The first-order chi connectivity index (χ1) is 9.93. The third-order valence-electron chi connectivity index (χ3n) is 3.22. The van der Waals surface area contributed by atoms with Crippen molar-refractivity contribution in [3.63, 3.8) is 0 Å². The van der Waals surface area contributed by atoms with Crippen LogP contribution in [0.1, 0.15) is 31.0 Å². The molecule has 0 aliphatic heterocycles. The number of rotatable bonds is 4. The largest absolute Gasteiger partial charge is 0.506 e. The molecule has 0 spiro atoms. The number of anilines is 2. The van der Waals surface area contributed by atoms with Gasteiger partial charge in [-0.05, 0) is 42.6 Å². The average molecular weight is 326 g/mol. The SMILES string of the molecule is CCc1nsc(NC(=O)C(C)c2ccc(O)c(N)c2)c1Cl. The first kappa shape index (κ1) is 15.6. The van der Waals surface area contributed by atoms with Crippen molar-refractivity contribution in [3.8, 4) is 5.75 Å². The molecule has 4 N–H and O–H groups in total. The predicted octanol–water partition coefficient (Wildman–Crippen LogP) is 3.39. The summed E-state index contributed by atoms with van der Waals surface area (Å²) in [4.78, 5) is 12.3. The molecule has 0 radical (unpaired) electrons. The number of carbonyl (C=O) groups excluding carboxylic acids is 1. The van der Waals surface area contributed by atoms with Gasteiger partial charge in [0.25, 0.3) is 0 Å². The van der Waals surface area contributed by atoms with E-state index >= 15 is 0 Å². The number of nitrogens with two attached hydrogens (primary N) is 1. The van der Waals surface area contributed by atoms with E-state index in [0.717, 1.165) is 17.7 Å². The number of aryl methyl sites for hydroxylation is 1. The zero-order valence-corrected chi connectivity index (χ0v) is 13.3. The molecule has 112 valence electrons. The summed E-state index contributed by atoms with van der Waals surface area (Å²) in [5.74, 6) is -0.617. The van der Waals surface area contributed by atoms with Crippen molar-refractivity contribution in [3.05, 3.63) is 34.5 Å².